The minimum Gasteiger partial charge on any atom is -0.493 e. The minimum atomic E-state index is -0.213. The smallest absolute Gasteiger partial charge is 0.137 e. The molecule has 4 rings (SSSR count). The van der Waals surface area contributed by atoms with Crippen LogP contribution in [0.15, 0.2) is 58.8 Å². The first-order valence-corrected chi connectivity index (χ1v) is 9.78. The molecule has 0 radical (unpaired) electrons. The van der Waals surface area contributed by atoms with Gasteiger partial charge in [0.15, 0.2) is 0 Å². The van der Waals surface area contributed by atoms with E-state index in [1.807, 2.05) is 31.5 Å². The zero-order chi connectivity index (χ0) is 18.6. The van der Waals surface area contributed by atoms with Crippen LogP contribution < -0.4 is 0 Å². The van der Waals surface area contributed by atoms with Crippen molar-refractivity contribution in [1.82, 2.24) is 9.97 Å². The normalized spacial score (nSPS) is 14.7. The fraction of sp³-hybridized carbons (Fsp3) is 0.227. The topological polar surface area (TPSA) is 47.1 Å². The number of rotatable bonds is 6. The van der Waals surface area contributed by atoms with Crippen LogP contribution in [-0.2, 0) is 9.47 Å². The molecule has 0 fully saturated rings. The second-order valence-corrected chi connectivity index (χ2v) is 6.97. The number of fused-ring (bicyclic) bond motifs is 1. The number of hydrogen-bond donors (Lipinski definition) is 1. The predicted molar refractivity (Wildman–Crippen MR) is 109 cm³/mol. The van der Waals surface area contributed by atoms with E-state index in [1.54, 1.807) is 18.4 Å². The maximum atomic E-state index is 5.89. The van der Waals surface area contributed by atoms with Crippen LogP contribution in [0.2, 0.25) is 0 Å². The summed E-state index contributed by atoms with van der Waals surface area (Å²) in [6.45, 7) is 2.58. The van der Waals surface area contributed by atoms with Crippen LogP contribution in [0.5, 0.6) is 0 Å². The van der Waals surface area contributed by atoms with E-state index in [0.717, 1.165) is 33.5 Å². The fourth-order valence-corrected chi connectivity index (χ4v) is 3.94. The molecule has 5 heteroatoms. The molecule has 4 nitrogen and oxygen atoms in total. The standard InChI is InChI=1S/C22H20N2O2S/c1-3-26-18-7-5-4-6-15(10-18)21(25-2)20-13-24-22-19(20)11-17(12-23-22)16-8-9-27-14-16/h7-14,21H,3,6H2,1-2H3,(H,23,24). The molecule has 3 heterocycles. The lowest BCUT2D eigenvalue weighted by atomic mass is 9.97. The highest BCUT2D eigenvalue weighted by atomic mass is 32.1. The summed E-state index contributed by atoms with van der Waals surface area (Å²) in [5.74, 6) is 6.98. The Morgan fingerprint density at radius 3 is 3.07 bits per heavy atom. The Morgan fingerprint density at radius 1 is 1.37 bits per heavy atom. The zero-order valence-electron chi connectivity index (χ0n) is 15.3. The van der Waals surface area contributed by atoms with Gasteiger partial charge in [-0.15, -0.1) is 0 Å². The van der Waals surface area contributed by atoms with E-state index < -0.39 is 0 Å². The van der Waals surface area contributed by atoms with Gasteiger partial charge >= 0.3 is 0 Å². The van der Waals surface area contributed by atoms with Crippen molar-refractivity contribution in [2.75, 3.05) is 13.7 Å². The molecule has 1 aliphatic rings. The lowest BCUT2D eigenvalue weighted by molar-refractivity contribution is 0.132. The van der Waals surface area contributed by atoms with E-state index in [2.05, 4.69) is 44.7 Å². The van der Waals surface area contributed by atoms with E-state index >= 15 is 0 Å². The van der Waals surface area contributed by atoms with Crippen LogP contribution in [-0.4, -0.2) is 23.7 Å². The van der Waals surface area contributed by atoms with Gasteiger partial charge in [-0.1, -0.05) is 11.8 Å². The van der Waals surface area contributed by atoms with Crippen molar-refractivity contribution in [3.05, 3.63) is 64.3 Å². The van der Waals surface area contributed by atoms with Crippen LogP contribution in [0, 0.1) is 11.8 Å². The van der Waals surface area contributed by atoms with E-state index in [9.17, 15) is 0 Å². The van der Waals surface area contributed by atoms with Gasteiger partial charge in [0.25, 0.3) is 0 Å². The summed E-state index contributed by atoms with van der Waals surface area (Å²) < 4.78 is 11.6. The van der Waals surface area contributed by atoms with E-state index in [0.29, 0.717) is 13.0 Å². The van der Waals surface area contributed by atoms with Gasteiger partial charge in [0, 0.05) is 48.5 Å². The molecule has 1 N–H and O–H groups in total. The number of H-pyrrole nitrogens is 1. The molecule has 1 atom stereocenters. The molecule has 0 amide bonds. The highest BCUT2D eigenvalue weighted by Gasteiger charge is 2.21. The van der Waals surface area contributed by atoms with Crippen molar-refractivity contribution < 1.29 is 9.47 Å². The maximum Gasteiger partial charge on any atom is 0.137 e. The molecule has 1 unspecified atom stereocenters. The molecule has 136 valence electrons. The summed E-state index contributed by atoms with van der Waals surface area (Å²) in [6.07, 6.45) is 8.14. The summed E-state index contributed by atoms with van der Waals surface area (Å²) >= 11 is 1.68. The first kappa shape index (κ1) is 17.6. The Hall–Kier alpha value is -2.81. The van der Waals surface area contributed by atoms with Crippen LogP contribution in [0.1, 0.15) is 25.0 Å². The molecule has 0 aliphatic heterocycles. The van der Waals surface area contributed by atoms with Crippen molar-refractivity contribution >= 4 is 22.4 Å². The summed E-state index contributed by atoms with van der Waals surface area (Å²) in [5, 5.41) is 5.27. The number of aromatic amines is 1. The molecule has 0 saturated heterocycles. The quantitative estimate of drug-likeness (QED) is 0.599. The third-order valence-corrected chi connectivity index (χ3v) is 5.20. The Bertz CT molecular complexity index is 1060. The van der Waals surface area contributed by atoms with Crippen LogP contribution in [0.25, 0.3) is 22.2 Å². The second-order valence-electron chi connectivity index (χ2n) is 6.19. The van der Waals surface area contributed by atoms with Crippen LogP contribution in [0.4, 0.5) is 0 Å². The zero-order valence-corrected chi connectivity index (χ0v) is 16.1. The molecule has 3 aromatic rings. The lowest BCUT2D eigenvalue weighted by Gasteiger charge is -2.18. The number of hydrogen-bond acceptors (Lipinski definition) is 4. The van der Waals surface area contributed by atoms with Crippen molar-refractivity contribution in [2.45, 2.75) is 19.4 Å². The number of nitrogens with one attached hydrogen (secondary N) is 1. The number of allylic oxidation sites excluding steroid dienone is 2. The number of nitrogens with zero attached hydrogens (tertiary/aromatic N) is 1. The third-order valence-electron chi connectivity index (χ3n) is 4.52. The molecule has 3 aromatic heterocycles. The average molecular weight is 376 g/mol. The van der Waals surface area contributed by atoms with Crippen LogP contribution in [0.3, 0.4) is 0 Å². The maximum absolute atomic E-state index is 5.89. The van der Waals surface area contributed by atoms with Crippen molar-refractivity contribution in [3.8, 4) is 23.0 Å². The minimum absolute atomic E-state index is 0.213. The third kappa shape index (κ3) is 3.55. The Morgan fingerprint density at radius 2 is 2.30 bits per heavy atom. The SMILES string of the molecule is CCOC1=CC#CCC(C(OC)c2c[nH]c3ncc(-c4ccsc4)cc23)=C1. The van der Waals surface area contributed by atoms with Crippen molar-refractivity contribution in [1.29, 1.82) is 0 Å². The van der Waals surface area contributed by atoms with Gasteiger partial charge in [0.05, 0.1) is 6.61 Å². The number of thiophene rings is 1. The summed E-state index contributed by atoms with van der Waals surface area (Å²) in [7, 11) is 1.73. The molecule has 0 bridgehead atoms. The molecule has 0 aromatic carbocycles. The Kier molecular flexibility index (Phi) is 5.10. The summed E-state index contributed by atoms with van der Waals surface area (Å²) in [4.78, 5) is 7.86. The fourth-order valence-electron chi connectivity index (χ4n) is 3.27. The Balaban J connectivity index is 1.77. The predicted octanol–water partition coefficient (Wildman–Crippen LogP) is 5.23. The highest BCUT2D eigenvalue weighted by Crippen LogP contribution is 2.35. The second kappa shape index (κ2) is 7.83. The van der Waals surface area contributed by atoms with Gasteiger partial charge in [-0.3, -0.25) is 0 Å². The lowest BCUT2D eigenvalue weighted by Crippen LogP contribution is -2.05. The van der Waals surface area contributed by atoms with Crippen LogP contribution >= 0.6 is 11.3 Å². The molecular weight excluding hydrogens is 356 g/mol. The molecule has 1 aliphatic carbocycles. The highest BCUT2D eigenvalue weighted by molar-refractivity contribution is 7.08. The molecule has 27 heavy (non-hydrogen) atoms. The molecular formula is C22H20N2O2S. The van der Waals surface area contributed by atoms with Gasteiger partial charge in [-0.05, 0) is 47.0 Å². The van der Waals surface area contributed by atoms with Crippen molar-refractivity contribution in [3.63, 3.8) is 0 Å². The van der Waals surface area contributed by atoms with E-state index in [-0.39, 0.29) is 6.10 Å². The largest absolute Gasteiger partial charge is 0.493 e. The average Bonchev–Trinajstić information content (AvgIpc) is 3.30. The van der Waals surface area contributed by atoms with E-state index in [1.165, 1.54) is 5.56 Å². The van der Waals surface area contributed by atoms with Gasteiger partial charge in [0.1, 0.15) is 17.5 Å². The first-order valence-electron chi connectivity index (χ1n) is 8.84. The number of ether oxygens (including phenoxy) is 2. The van der Waals surface area contributed by atoms with Gasteiger partial charge in [-0.25, -0.2) is 4.98 Å². The number of aromatic nitrogens is 2. The van der Waals surface area contributed by atoms with Gasteiger partial charge in [-0.2, -0.15) is 11.3 Å². The summed E-state index contributed by atoms with van der Waals surface area (Å²) in [5.41, 5.74) is 5.26. The number of pyridine rings is 1. The first-order chi connectivity index (χ1) is 13.3. The Labute approximate surface area is 162 Å². The van der Waals surface area contributed by atoms with E-state index in [4.69, 9.17) is 9.47 Å². The summed E-state index contributed by atoms with van der Waals surface area (Å²) in [6, 6.07) is 4.28. The van der Waals surface area contributed by atoms with Gasteiger partial charge < -0.3 is 14.5 Å². The van der Waals surface area contributed by atoms with Crippen molar-refractivity contribution in [2.24, 2.45) is 0 Å². The van der Waals surface area contributed by atoms with Gasteiger partial charge in [0.2, 0.25) is 0 Å². The monoisotopic (exact) mass is 376 g/mol. The number of methoxy groups -OCH3 is 1. The molecule has 0 saturated carbocycles. The molecule has 0 spiro atoms.